The van der Waals surface area contributed by atoms with E-state index in [0.29, 0.717) is 6.42 Å². The van der Waals surface area contributed by atoms with Crippen LogP contribution in [0.1, 0.15) is 24.0 Å². The summed E-state index contributed by atoms with van der Waals surface area (Å²) in [6.45, 7) is 1.94. The minimum absolute atomic E-state index is 0.00434. The van der Waals surface area contributed by atoms with E-state index in [1.807, 2.05) is 31.4 Å². The summed E-state index contributed by atoms with van der Waals surface area (Å²) in [5.41, 5.74) is 2.63. The fourth-order valence-electron chi connectivity index (χ4n) is 1.49. The van der Waals surface area contributed by atoms with Gasteiger partial charge in [-0.15, -0.1) is 0 Å². The lowest BCUT2D eigenvalue weighted by Gasteiger charge is -2.09. The number of carbonyl (C=O) groups excluding carboxylic acids is 1. The van der Waals surface area contributed by atoms with E-state index < -0.39 is 0 Å². The first-order chi connectivity index (χ1) is 8.17. The van der Waals surface area contributed by atoms with Gasteiger partial charge in [0, 0.05) is 12.1 Å². The molecule has 0 aromatic heterocycles. The topological polar surface area (TPSA) is 49.3 Å². The van der Waals surface area contributed by atoms with Crippen molar-refractivity contribution in [1.82, 2.24) is 0 Å². The number of benzene rings is 1. The number of carbonyl (C=O) groups is 1. The van der Waals surface area contributed by atoms with Gasteiger partial charge in [0.1, 0.15) is 0 Å². The largest absolute Gasteiger partial charge is 0.392 e. The van der Waals surface area contributed by atoms with Gasteiger partial charge in [-0.05, 0) is 42.5 Å². The van der Waals surface area contributed by atoms with Gasteiger partial charge in [0.2, 0.25) is 5.91 Å². The van der Waals surface area contributed by atoms with Crippen LogP contribution in [-0.4, -0.2) is 23.0 Å². The molecule has 0 aliphatic heterocycles. The van der Waals surface area contributed by atoms with Gasteiger partial charge < -0.3 is 10.4 Å². The van der Waals surface area contributed by atoms with E-state index in [0.717, 1.165) is 29.0 Å². The van der Waals surface area contributed by atoms with Gasteiger partial charge in [-0.3, -0.25) is 4.79 Å². The molecule has 0 radical (unpaired) electrons. The zero-order valence-electron chi connectivity index (χ0n) is 10.3. The molecule has 1 amide bonds. The van der Waals surface area contributed by atoms with E-state index in [1.54, 1.807) is 11.8 Å². The maximum absolute atomic E-state index is 11.7. The van der Waals surface area contributed by atoms with Crippen molar-refractivity contribution >= 4 is 23.4 Å². The molecule has 94 valence electrons. The molecule has 1 aromatic rings. The first-order valence-electron chi connectivity index (χ1n) is 5.66. The number of amides is 1. The van der Waals surface area contributed by atoms with Crippen molar-refractivity contribution in [3.63, 3.8) is 0 Å². The van der Waals surface area contributed by atoms with Crippen LogP contribution in [0.4, 0.5) is 5.69 Å². The Kier molecular flexibility index (Phi) is 6.08. The smallest absolute Gasteiger partial charge is 0.224 e. The number of aliphatic hydroxyl groups excluding tert-OH is 1. The summed E-state index contributed by atoms with van der Waals surface area (Å²) in [5.74, 6) is 1.04. The number of nitrogens with one attached hydrogen (secondary N) is 1. The van der Waals surface area contributed by atoms with Gasteiger partial charge >= 0.3 is 0 Å². The Morgan fingerprint density at radius 1 is 1.47 bits per heavy atom. The Morgan fingerprint density at radius 2 is 2.24 bits per heavy atom. The predicted molar refractivity (Wildman–Crippen MR) is 73.3 cm³/mol. The molecule has 0 atom stereocenters. The standard InChI is InChI=1S/C13H19NO2S/c1-10-5-6-11(9-15)8-12(10)14-13(16)4-3-7-17-2/h5-6,8,15H,3-4,7,9H2,1-2H3,(H,14,16). The van der Waals surface area contributed by atoms with Crippen molar-refractivity contribution in [3.05, 3.63) is 29.3 Å². The SMILES string of the molecule is CSCCCC(=O)Nc1cc(CO)ccc1C. The minimum Gasteiger partial charge on any atom is -0.392 e. The molecule has 1 rings (SSSR count). The second-order valence-electron chi connectivity index (χ2n) is 3.95. The van der Waals surface area contributed by atoms with E-state index in [1.165, 1.54) is 0 Å². The lowest BCUT2D eigenvalue weighted by Crippen LogP contribution is -2.12. The normalized spacial score (nSPS) is 10.3. The maximum atomic E-state index is 11.7. The van der Waals surface area contributed by atoms with E-state index in [2.05, 4.69) is 5.32 Å². The van der Waals surface area contributed by atoms with Crippen molar-refractivity contribution in [1.29, 1.82) is 0 Å². The lowest BCUT2D eigenvalue weighted by atomic mass is 10.1. The summed E-state index contributed by atoms with van der Waals surface area (Å²) in [4.78, 5) is 11.7. The highest BCUT2D eigenvalue weighted by atomic mass is 32.2. The highest BCUT2D eigenvalue weighted by Gasteiger charge is 2.05. The van der Waals surface area contributed by atoms with Crippen molar-refractivity contribution < 1.29 is 9.90 Å². The average Bonchev–Trinajstić information content (AvgIpc) is 2.32. The van der Waals surface area contributed by atoms with Gasteiger partial charge in [0.25, 0.3) is 0 Å². The van der Waals surface area contributed by atoms with Crippen LogP contribution >= 0.6 is 11.8 Å². The van der Waals surface area contributed by atoms with Crippen LogP contribution in [0, 0.1) is 6.92 Å². The van der Waals surface area contributed by atoms with Gasteiger partial charge in [-0.25, -0.2) is 0 Å². The molecule has 0 saturated heterocycles. The van der Waals surface area contributed by atoms with Crippen molar-refractivity contribution in [2.24, 2.45) is 0 Å². The number of aliphatic hydroxyl groups is 1. The molecule has 0 bridgehead atoms. The Hall–Kier alpha value is -1.00. The van der Waals surface area contributed by atoms with Crippen molar-refractivity contribution in [3.8, 4) is 0 Å². The number of rotatable bonds is 6. The van der Waals surface area contributed by atoms with E-state index >= 15 is 0 Å². The summed E-state index contributed by atoms with van der Waals surface area (Å²) in [6.07, 6.45) is 3.47. The molecule has 17 heavy (non-hydrogen) atoms. The maximum Gasteiger partial charge on any atom is 0.224 e. The third-order valence-electron chi connectivity index (χ3n) is 2.51. The lowest BCUT2D eigenvalue weighted by molar-refractivity contribution is -0.116. The number of hydrogen-bond acceptors (Lipinski definition) is 3. The van der Waals surface area contributed by atoms with Crippen LogP contribution in [0.15, 0.2) is 18.2 Å². The Morgan fingerprint density at radius 3 is 2.88 bits per heavy atom. The van der Waals surface area contributed by atoms with E-state index in [-0.39, 0.29) is 12.5 Å². The summed E-state index contributed by atoms with van der Waals surface area (Å²) in [5, 5.41) is 11.9. The second-order valence-corrected chi connectivity index (χ2v) is 4.94. The second kappa shape index (κ2) is 7.35. The molecule has 4 heteroatoms. The molecule has 1 aromatic carbocycles. The summed E-state index contributed by atoms with van der Waals surface area (Å²) < 4.78 is 0. The number of hydrogen-bond donors (Lipinski definition) is 2. The van der Waals surface area contributed by atoms with Crippen LogP contribution in [-0.2, 0) is 11.4 Å². The number of thioether (sulfide) groups is 1. The molecule has 0 unspecified atom stereocenters. The molecule has 0 heterocycles. The van der Waals surface area contributed by atoms with Gasteiger partial charge in [-0.2, -0.15) is 11.8 Å². The monoisotopic (exact) mass is 253 g/mol. The highest BCUT2D eigenvalue weighted by molar-refractivity contribution is 7.98. The minimum atomic E-state index is -0.00434. The molecular formula is C13H19NO2S. The number of anilines is 1. The third-order valence-corrected chi connectivity index (χ3v) is 3.21. The van der Waals surface area contributed by atoms with Crippen molar-refractivity contribution in [2.45, 2.75) is 26.4 Å². The fraction of sp³-hybridized carbons (Fsp3) is 0.462. The van der Waals surface area contributed by atoms with Gasteiger partial charge in [-0.1, -0.05) is 12.1 Å². The first kappa shape index (κ1) is 14.1. The zero-order chi connectivity index (χ0) is 12.7. The number of aryl methyl sites for hydroxylation is 1. The zero-order valence-corrected chi connectivity index (χ0v) is 11.1. The van der Waals surface area contributed by atoms with Crippen LogP contribution in [0.25, 0.3) is 0 Å². The quantitative estimate of drug-likeness (QED) is 0.766. The fourth-order valence-corrected chi connectivity index (χ4v) is 1.92. The van der Waals surface area contributed by atoms with Crippen LogP contribution in [0.5, 0.6) is 0 Å². The van der Waals surface area contributed by atoms with Crippen LogP contribution in [0.3, 0.4) is 0 Å². The first-order valence-corrected chi connectivity index (χ1v) is 7.06. The third kappa shape index (κ3) is 4.79. The van der Waals surface area contributed by atoms with Crippen LogP contribution < -0.4 is 5.32 Å². The molecule has 0 spiro atoms. The van der Waals surface area contributed by atoms with Crippen molar-refractivity contribution in [2.75, 3.05) is 17.3 Å². The predicted octanol–water partition coefficient (Wildman–Crippen LogP) is 2.57. The molecule has 3 nitrogen and oxygen atoms in total. The van der Waals surface area contributed by atoms with E-state index in [4.69, 9.17) is 5.11 Å². The average molecular weight is 253 g/mol. The Bertz CT molecular complexity index is 380. The molecular weight excluding hydrogens is 234 g/mol. The summed E-state index contributed by atoms with van der Waals surface area (Å²) >= 11 is 1.75. The Balaban J connectivity index is 2.57. The summed E-state index contributed by atoms with van der Waals surface area (Å²) in [6, 6.07) is 5.59. The molecule has 2 N–H and O–H groups in total. The van der Waals surface area contributed by atoms with Crippen LogP contribution in [0.2, 0.25) is 0 Å². The van der Waals surface area contributed by atoms with Gasteiger partial charge in [0.15, 0.2) is 0 Å². The molecule has 0 saturated carbocycles. The summed E-state index contributed by atoms with van der Waals surface area (Å²) in [7, 11) is 0. The molecule has 0 aliphatic rings. The van der Waals surface area contributed by atoms with E-state index in [9.17, 15) is 4.79 Å². The molecule has 0 aliphatic carbocycles. The highest BCUT2D eigenvalue weighted by Crippen LogP contribution is 2.17. The Labute approximate surface area is 107 Å². The molecule has 0 fully saturated rings. The van der Waals surface area contributed by atoms with Gasteiger partial charge in [0.05, 0.1) is 6.61 Å².